The molecule has 0 saturated carbocycles. The lowest BCUT2D eigenvalue weighted by Gasteiger charge is -2.19. The highest BCUT2D eigenvalue weighted by atomic mass is 32.1. The first-order chi connectivity index (χ1) is 9.37. The number of aryl methyl sites for hydroxylation is 1. The molecular formula is C16H19NO2S. The fourth-order valence-corrected chi connectivity index (χ4v) is 2.74. The molecule has 2 rings (SSSR count). The SMILES string of the molecule is Cc1scc(NC(=O)OC(C)(C)C)c1-c1ccccc1. The van der Waals surface area contributed by atoms with Gasteiger partial charge < -0.3 is 4.74 Å². The molecule has 0 atom stereocenters. The molecule has 1 aromatic heterocycles. The number of amides is 1. The predicted octanol–water partition coefficient (Wildman–Crippen LogP) is 5.07. The zero-order valence-corrected chi connectivity index (χ0v) is 13.0. The van der Waals surface area contributed by atoms with Crippen LogP contribution in [0.3, 0.4) is 0 Å². The van der Waals surface area contributed by atoms with E-state index in [9.17, 15) is 4.79 Å². The molecule has 0 spiro atoms. The summed E-state index contributed by atoms with van der Waals surface area (Å²) in [4.78, 5) is 13.1. The molecule has 1 amide bonds. The Kier molecular flexibility index (Phi) is 4.14. The first-order valence-corrected chi connectivity index (χ1v) is 7.38. The summed E-state index contributed by atoms with van der Waals surface area (Å²) in [6.07, 6.45) is -0.424. The van der Waals surface area contributed by atoms with Gasteiger partial charge in [0.05, 0.1) is 5.69 Å². The topological polar surface area (TPSA) is 38.3 Å². The molecule has 0 bridgehead atoms. The summed E-state index contributed by atoms with van der Waals surface area (Å²) in [7, 11) is 0. The maximum absolute atomic E-state index is 11.9. The zero-order valence-electron chi connectivity index (χ0n) is 12.2. The molecule has 0 aliphatic heterocycles. The number of carbonyl (C=O) groups is 1. The zero-order chi connectivity index (χ0) is 14.8. The Bertz CT molecular complexity index is 597. The number of hydrogen-bond acceptors (Lipinski definition) is 3. The second-order valence-electron chi connectivity index (χ2n) is 5.57. The highest BCUT2D eigenvalue weighted by Crippen LogP contribution is 2.36. The summed E-state index contributed by atoms with van der Waals surface area (Å²) >= 11 is 1.62. The van der Waals surface area contributed by atoms with E-state index in [0.717, 1.165) is 16.8 Å². The van der Waals surface area contributed by atoms with Gasteiger partial charge in [0.25, 0.3) is 0 Å². The standard InChI is InChI=1S/C16H19NO2S/c1-11-14(12-8-6-5-7-9-12)13(10-20-11)17-15(18)19-16(2,3)4/h5-10H,1-4H3,(H,17,18). The van der Waals surface area contributed by atoms with E-state index in [-0.39, 0.29) is 0 Å². The molecule has 1 heterocycles. The van der Waals surface area contributed by atoms with Crippen molar-refractivity contribution in [3.05, 3.63) is 40.6 Å². The van der Waals surface area contributed by atoms with Crippen molar-refractivity contribution < 1.29 is 9.53 Å². The highest BCUT2D eigenvalue weighted by molar-refractivity contribution is 7.11. The molecule has 0 aliphatic carbocycles. The lowest BCUT2D eigenvalue weighted by atomic mass is 10.1. The monoisotopic (exact) mass is 289 g/mol. The van der Waals surface area contributed by atoms with Crippen LogP contribution in [0.4, 0.5) is 10.5 Å². The third-order valence-corrected chi connectivity index (χ3v) is 3.58. The molecule has 0 aliphatic rings. The minimum absolute atomic E-state index is 0.424. The fourth-order valence-electron chi connectivity index (χ4n) is 1.92. The van der Waals surface area contributed by atoms with Crippen LogP contribution in [0, 0.1) is 6.92 Å². The summed E-state index contributed by atoms with van der Waals surface area (Å²) in [5, 5.41) is 4.78. The van der Waals surface area contributed by atoms with Crippen molar-refractivity contribution in [2.75, 3.05) is 5.32 Å². The van der Waals surface area contributed by atoms with Crippen molar-refractivity contribution in [1.29, 1.82) is 0 Å². The number of nitrogens with one attached hydrogen (secondary N) is 1. The fraction of sp³-hybridized carbons (Fsp3) is 0.312. The Hall–Kier alpha value is -1.81. The molecule has 0 unspecified atom stereocenters. The molecule has 106 valence electrons. The lowest BCUT2D eigenvalue weighted by molar-refractivity contribution is 0.0636. The van der Waals surface area contributed by atoms with Gasteiger partial charge in [0.2, 0.25) is 0 Å². The lowest BCUT2D eigenvalue weighted by Crippen LogP contribution is -2.27. The van der Waals surface area contributed by atoms with Crippen molar-refractivity contribution in [3.63, 3.8) is 0 Å². The first kappa shape index (κ1) is 14.6. The number of anilines is 1. The Morgan fingerprint density at radius 3 is 2.45 bits per heavy atom. The van der Waals surface area contributed by atoms with Gasteiger partial charge in [0.15, 0.2) is 0 Å². The van der Waals surface area contributed by atoms with Gasteiger partial charge in [-0.2, -0.15) is 0 Å². The van der Waals surface area contributed by atoms with Gasteiger partial charge in [-0.05, 0) is 33.3 Å². The van der Waals surface area contributed by atoms with Crippen LogP contribution in [0.1, 0.15) is 25.6 Å². The van der Waals surface area contributed by atoms with E-state index < -0.39 is 11.7 Å². The molecule has 0 radical (unpaired) electrons. The molecule has 1 aromatic carbocycles. The predicted molar refractivity (Wildman–Crippen MR) is 84.3 cm³/mol. The minimum Gasteiger partial charge on any atom is -0.444 e. The first-order valence-electron chi connectivity index (χ1n) is 6.50. The van der Waals surface area contributed by atoms with Gasteiger partial charge in [-0.25, -0.2) is 4.79 Å². The van der Waals surface area contributed by atoms with Crippen LogP contribution >= 0.6 is 11.3 Å². The Morgan fingerprint density at radius 2 is 1.85 bits per heavy atom. The number of ether oxygens (including phenoxy) is 1. The van der Waals surface area contributed by atoms with Gasteiger partial charge in [0.1, 0.15) is 5.60 Å². The Morgan fingerprint density at radius 1 is 1.20 bits per heavy atom. The van der Waals surface area contributed by atoms with Crippen molar-refractivity contribution in [1.82, 2.24) is 0 Å². The average Bonchev–Trinajstić information content (AvgIpc) is 2.69. The average molecular weight is 289 g/mol. The maximum atomic E-state index is 11.9. The maximum Gasteiger partial charge on any atom is 0.412 e. The van der Waals surface area contributed by atoms with Gasteiger partial charge >= 0.3 is 6.09 Å². The van der Waals surface area contributed by atoms with Crippen LogP contribution in [-0.2, 0) is 4.74 Å². The number of carbonyl (C=O) groups excluding carboxylic acids is 1. The number of benzene rings is 1. The normalized spacial score (nSPS) is 11.2. The van der Waals surface area contributed by atoms with E-state index >= 15 is 0 Å². The van der Waals surface area contributed by atoms with Crippen molar-refractivity contribution in [3.8, 4) is 11.1 Å². The minimum atomic E-state index is -0.498. The largest absolute Gasteiger partial charge is 0.444 e. The van der Waals surface area contributed by atoms with Gasteiger partial charge in [-0.15, -0.1) is 11.3 Å². The van der Waals surface area contributed by atoms with E-state index in [0.29, 0.717) is 0 Å². The third-order valence-electron chi connectivity index (χ3n) is 2.67. The molecular weight excluding hydrogens is 270 g/mol. The van der Waals surface area contributed by atoms with E-state index in [2.05, 4.69) is 5.32 Å². The summed E-state index contributed by atoms with van der Waals surface area (Å²) < 4.78 is 5.30. The highest BCUT2D eigenvalue weighted by Gasteiger charge is 2.18. The van der Waals surface area contributed by atoms with E-state index in [1.165, 1.54) is 4.88 Å². The van der Waals surface area contributed by atoms with Crippen LogP contribution in [0.25, 0.3) is 11.1 Å². The van der Waals surface area contributed by atoms with Crippen molar-refractivity contribution in [2.24, 2.45) is 0 Å². The quantitative estimate of drug-likeness (QED) is 0.838. The van der Waals surface area contributed by atoms with Gasteiger partial charge in [0, 0.05) is 15.8 Å². The number of rotatable bonds is 2. The second-order valence-corrected chi connectivity index (χ2v) is 6.66. The van der Waals surface area contributed by atoms with E-state index in [1.807, 2.05) is 63.4 Å². The third kappa shape index (κ3) is 3.61. The van der Waals surface area contributed by atoms with Crippen molar-refractivity contribution >= 4 is 23.1 Å². The molecule has 1 N–H and O–H groups in total. The Labute approximate surface area is 123 Å². The Balaban J connectivity index is 2.24. The summed E-state index contributed by atoms with van der Waals surface area (Å²) in [5.74, 6) is 0. The summed E-state index contributed by atoms with van der Waals surface area (Å²) in [5.41, 5.74) is 2.45. The van der Waals surface area contributed by atoms with Crippen LogP contribution in [0.2, 0.25) is 0 Å². The van der Waals surface area contributed by atoms with Crippen LogP contribution < -0.4 is 5.32 Å². The molecule has 20 heavy (non-hydrogen) atoms. The van der Waals surface area contributed by atoms with E-state index in [4.69, 9.17) is 4.74 Å². The molecule has 4 heteroatoms. The van der Waals surface area contributed by atoms with Crippen LogP contribution in [0.15, 0.2) is 35.7 Å². The number of thiophene rings is 1. The van der Waals surface area contributed by atoms with Crippen LogP contribution in [-0.4, -0.2) is 11.7 Å². The second kappa shape index (κ2) is 5.67. The number of hydrogen-bond donors (Lipinski definition) is 1. The summed E-state index contributed by atoms with van der Waals surface area (Å²) in [6.45, 7) is 7.60. The van der Waals surface area contributed by atoms with Crippen LogP contribution in [0.5, 0.6) is 0 Å². The molecule has 0 fully saturated rings. The van der Waals surface area contributed by atoms with E-state index in [1.54, 1.807) is 11.3 Å². The molecule has 0 saturated heterocycles. The van der Waals surface area contributed by atoms with Crippen molar-refractivity contribution in [2.45, 2.75) is 33.3 Å². The molecule has 2 aromatic rings. The molecule has 3 nitrogen and oxygen atoms in total. The van der Waals surface area contributed by atoms with Gasteiger partial charge in [-0.3, -0.25) is 5.32 Å². The smallest absolute Gasteiger partial charge is 0.412 e. The summed E-state index contributed by atoms with van der Waals surface area (Å²) in [6, 6.07) is 10.0. The van der Waals surface area contributed by atoms with Gasteiger partial charge in [-0.1, -0.05) is 30.3 Å².